The van der Waals surface area contributed by atoms with Crippen molar-refractivity contribution in [3.63, 3.8) is 0 Å². The van der Waals surface area contributed by atoms with Crippen LogP contribution in [0.25, 0.3) is 0 Å². The van der Waals surface area contributed by atoms with Crippen LogP contribution in [0.2, 0.25) is 0 Å². The Morgan fingerprint density at radius 2 is 2.04 bits per heavy atom. The van der Waals surface area contributed by atoms with Gasteiger partial charge in [0.2, 0.25) is 5.13 Å². The summed E-state index contributed by atoms with van der Waals surface area (Å²) in [5, 5.41) is 10.9. The number of amides is 1. The molecule has 1 amide bonds. The molecule has 0 aliphatic heterocycles. The number of esters is 1. The van der Waals surface area contributed by atoms with Crippen LogP contribution in [-0.2, 0) is 27.2 Å². The standard InChI is InChI=1S/C18H21N3O4S2/c1-11(25-14-8-7-12-5-3-4-6-13(12)9-14)16(23)19-17-20-21-18(27-17)26-10-15(22)24-2/h7-9,11H,3-6,10H2,1-2H3,(H,19,20,23). The average Bonchev–Trinajstić information content (AvgIpc) is 3.13. The van der Waals surface area contributed by atoms with E-state index in [1.165, 1.54) is 54.2 Å². The number of nitrogens with one attached hydrogen (secondary N) is 1. The maximum absolute atomic E-state index is 12.3. The van der Waals surface area contributed by atoms with E-state index in [4.69, 9.17) is 4.74 Å². The Hall–Kier alpha value is -2.13. The first-order valence-electron chi connectivity index (χ1n) is 8.67. The van der Waals surface area contributed by atoms with Gasteiger partial charge in [-0.15, -0.1) is 10.2 Å². The van der Waals surface area contributed by atoms with Gasteiger partial charge in [0.1, 0.15) is 5.75 Å². The molecule has 0 radical (unpaired) electrons. The van der Waals surface area contributed by atoms with Crippen molar-refractivity contribution in [2.75, 3.05) is 18.2 Å². The quantitative estimate of drug-likeness (QED) is 0.428. The van der Waals surface area contributed by atoms with Gasteiger partial charge in [0.25, 0.3) is 5.91 Å². The summed E-state index contributed by atoms with van der Waals surface area (Å²) in [5.41, 5.74) is 2.68. The third-order valence-electron chi connectivity index (χ3n) is 4.18. The number of rotatable bonds is 7. The molecule has 1 aromatic heterocycles. The second-order valence-corrected chi connectivity index (χ2v) is 8.32. The molecule has 1 aliphatic carbocycles. The predicted octanol–water partition coefficient (Wildman–Crippen LogP) is 3.09. The van der Waals surface area contributed by atoms with Crippen LogP contribution in [0.4, 0.5) is 5.13 Å². The lowest BCUT2D eigenvalue weighted by Gasteiger charge is -2.18. The maximum Gasteiger partial charge on any atom is 0.316 e. The van der Waals surface area contributed by atoms with Gasteiger partial charge in [-0.05, 0) is 55.9 Å². The van der Waals surface area contributed by atoms with Crippen LogP contribution in [-0.4, -0.2) is 41.0 Å². The lowest BCUT2D eigenvalue weighted by atomic mass is 9.92. The van der Waals surface area contributed by atoms with E-state index in [1.807, 2.05) is 12.1 Å². The molecule has 0 saturated carbocycles. The number of thioether (sulfide) groups is 1. The van der Waals surface area contributed by atoms with Crippen molar-refractivity contribution < 1.29 is 19.1 Å². The number of anilines is 1. The van der Waals surface area contributed by atoms with Gasteiger partial charge in [0.05, 0.1) is 12.9 Å². The van der Waals surface area contributed by atoms with Gasteiger partial charge in [0, 0.05) is 0 Å². The summed E-state index contributed by atoms with van der Waals surface area (Å²) in [6.07, 6.45) is 3.93. The second-order valence-electron chi connectivity index (χ2n) is 6.12. The average molecular weight is 408 g/mol. The molecule has 0 spiro atoms. The summed E-state index contributed by atoms with van der Waals surface area (Å²) in [7, 11) is 1.33. The third kappa shape index (κ3) is 5.43. The van der Waals surface area contributed by atoms with Crippen LogP contribution in [0.15, 0.2) is 22.5 Å². The van der Waals surface area contributed by atoms with Crippen molar-refractivity contribution in [3.8, 4) is 5.75 Å². The fourth-order valence-electron chi connectivity index (χ4n) is 2.75. The molecule has 1 aromatic carbocycles. The van der Waals surface area contributed by atoms with Crippen molar-refractivity contribution in [2.45, 2.75) is 43.1 Å². The van der Waals surface area contributed by atoms with Gasteiger partial charge >= 0.3 is 5.97 Å². The normalized spacial score (nSPS) is 14.1. The van der Waals surface area contributed by atoms with E-state index >= 15 is 0 Å². The molecule has 0 saturated heterocycles. The summed E-state index contributed by atoms with van der Waals surface area (Å²) in [6.45, 7) is 1.70. The first kappa shape index (κ1) is 19.6. The summed E-state index contributed by atoms with van der Waals surface area (Å²) in [4.78, 5) is 23.5. The topological polar surface area (TPSA) is 90.4 Å². The highest BCUT2D eigenvalue weighted by atomic mass is 32.2. The Morgan fingerprint density at radius 1 is 1.26 bits per heavy atom. The number of aromatic nitrogens is 2. The van der Waals surface area contributed by atoms with Gasteiger partial charge in [-0.3, -0.25) is 14.9 Å². The molecule has 9 heteroatoms. The number of ether oxygens (including phenoxy) is 2. The fraction of sp³-hybridized carbons (Fsp3) is 0.444. The molecule has 7 nitrogen and oxygen atoms in total. The first-order valence-corrected chi connectivity index (χ1v) is 10.5. The van der Waals surface area contributed by atoms with Crippen LogP contribution >= 0.6 is 23.1 Å². The van der Waals surface area contributed by atoms with Gasteiger partial charge in [-0.2, -0.15) is 0 Å². The molecule has 0 bridgehead atoms. The van der Waals surface area contributed by atoms with Crippen molar-refractivity contribution in [3.05, 3.63) is 29.3 Å². The highest BCUT2D eigenvalue weighted by Crippen LogP contribution is 2.27. The monoisotopic (exact) mass is 407 g/mol. The Labute approximate surface area is 165 Å². The van der Waals surface area contributed by atoms with Crippen LogP contribution < -0.4 is 10.1 Å². The van der Waals surface area contributed by atoms with E-state index in [9.17, 15) is 9.59 Å². The molecule has 1 aliphatic rings. The zero-order chi connectivity index (χ0) is 19.2. The van der Waals surface area contributed by atoms with Crippen LogP contribution in [0.1, 0.15) is 30.9 Å². The number of nitrogens with zero attached hydrogens (tertiary/aromatic N) is 2. The van der Waals surface area contributed by atoms with Gasteiger partial charge in [-0.1, -0.05) is 29.2 Å². The Morgan fingerprint density at radius 3 is 2.81 bits per heavy atom. The molecule has 1 atom stereocenters. The summed E-state index contributed by atoms with van der Waals surface area (Å²) >= 11 is 2.41. The number of aryl methyl sites for hydroxylation is 2. The maximum atomic E-state index is 12.3. The molecule has 1 heterocycles. The van der Waals surface area contributed by atoms with Crippen LogP contribution in [0, 0.1) is 0 Å². The zero-order valence-electron chi connectivity index (χ0n) is 15.2. The fourth-order valence-corrected chi connectivity index (χ4v) is 4.33. The van der Waals surface area contributed by atoms with E-state index in [0.29, 0.717) is 15.2 Å². The molecular weight excluding hydrogens is 386 g/mol. The molecule has 27 heavy (non-hydrogen) atoms. The van der Waals surface area contributed by atoms with Gasteiger partial charge < -0.3 is 9.47 Å². The van der Waals surface area contributed by atoms with E-state index in [1.54, 1.807) is 6.92 Å². The molecule has 1 unspecified atom stereocenters. The highest BCUT2D eigenvalue weighted by molar-refractivity contribution is 8.01. The minimum Gasteiger partial charge on any atom is -0.481 e. The number of hydrogen-bond acceptors (Lipinski definition) is 8. The van der Waals surface area contributed by atoms with E-state index < -0.39 is 6.10 Å². The van der Waals surface area contributed by atoms with E-state index in [0.717, 1.165) is 12.8 Å². The van der Waals surface area contributed by atoms with Crippen LogP contribution in [0.5, 0.6) is 5.75 Å². The van der Waals surface area contributed by atoms with Crippen molar-refractivity contribution in [1.82, 2.24) is 10.2 Å². The zero-order valence-corrected chi connectivity index (χ0v) is 16.8. The summed E-state index contributed by atoms with van der Waals surface area (Å²) < 4.78 is 11.0. The van der Waals surface area contributed by atoms with Crippen molar-refractivity contribution >= 4 is 40.1 Å². The third-order valence-corrected chi connectivity index (χ3v) is 6.13. The highest BCUT2D eigenvalue weighted by Gasteiger charge is 2.18. The Balaban J connectivity index is 1.53. The molecule has 1 N–H and O–H groups in total. The number of carbonyl (C=O) groups is 2. The number of fused-ring (bicyclic) bond motifs is 1. The molecule has 0 fully saturated rings. The van der Waals surface area contributed by atoms with Crippen LogP contribution in [0.3, 0.4) is 0 Å². The molecular formula is C18H21N3O4S2. The summed E-state index contributed by atoms with van der Waals surface area (Å²) in [6, 6.07) is 6.04. The van der Waals surface area contributed by atoms with E-state index in [2.05, 4.69) is 26.3 Å². The number of carbonyl (C=O) groups excluding carboxylic acids is 2. The number of hydrogen-bond donors (Lipinski definition) is 1. The number of methoxy groups -OCH3 is 1. The Kier molecular flexibility index (Phi) is 6.68. The first-order chi connectivity index (χ1) is 13.0. The van der Waals surface area contributed by atoms with Crippen molar-refractivity contribution in [2.24, 2.45) is 0 Å². The Bertz CT molecular complexity index is 825. The molecule has 2 aromatic rings. The lowest BCUT2D eigenvalue weighted by molar-refractivity contribution is -0.137. The van der Waals surface area contributed by atoms with Gasteiger partial charge in [-0.25, -0.2) is 0 Å². The van der Waals surface area contributed by atoms with Gasteiger partial charge in [0.15, 0.2) is 10.4 Å². The lowest BCUT2D eigenvalue weighted by Crippen LogP contribution is -2.30. The van der Waals surface area contributed by atoms with E-state index in [-0.39, 0.29) is 17.6 Å². The van der Waals surface area contributed by atoms with Crippen molar-refractivity contribution in [1.29, 1.82) is 0 Å². The summed E-state index contributed by atoms with van der Waals surface area (Å²) in [5.74, 6) is 0.211. The molecule has 3 rings (SSSR count). The number of benzene rings is 1. The SMILES string of the molecule is COC(=O)CSc1nnc(NC(=O)C(C)Oc2ccc3c(c2)CCCC3)s1. The minimum atomic E-state index is -0.665. The minimum absolute atomic E-state index is 0.150. The predicted molar refractivity (Wildman–Crippen MR) is 104 cm³/mol. The largest absolute Gasteiger partial charge is 0.481 e. The molecule has 144 valence electrons. The smallest absolute Gasteiger partial charge is 0.316 e. The second kappa shape index (κ2) is 9.18.